The monoisotopic (exact) mass is 269 g/mol. The van der Waals surface area contributed by atoms with Crippen LogP contribution in [-0.4, -0.2) is 23.3 Å². The lowest BCUT2D eigenvalue weighted by Gasteiger charge is -2.05. The minimum Gasteiger partial charge on any atom is -0.492 e. The fraction of sp³-hybridized carbons (Fsp3) is 0.200. The molecule has 0 saturated heterocycles. The summed E-state index contributed by atoms with van der Waals surface area (Å²) in [7, 11) is 0. The van der Waals surface area contributed by atoms with Crippen molar-refractivity contribution >= 4 is 27.4 Å². The Labute approximate surface area is 94.7 Å². The average molecular weight is 270 g/mol. The second kappa shape index (κ2) is 4.02. The van der Waals surface area contributed by atoms with Crippen molar-refractivity contribution in [3.05, 3.63) is 28.2 Å². The Morgan fingerprint density at radius 3 is 3.00 bits per heavy atom. The third kappa shape index (κ3) is 1.87. The Bertz CT molecular complexity index is 442. The van der Waals surface area contributed by atoms with Crippen LogP contribution in [-0.2, 0) is 0 Å². The van der Waals surface area contributed by atoms with Gasteiger partial charge >= 0.3 is 0 Å². The van der Waals surface area contributed by atoms with E-state index in [1.165, 1.54) is 0 Å². The molecule has 2 rings (SSSR count). The molecule has 1 aromatic rings. The molecule has 1 N–H and O–H groups in total. The van der Waals surface area contributed by atoms with Crippen LogP contribution in [0.3, 0.4) is 0 Å². The van der Waals surface area contributed by atoms with Crippen LogP contribution in [0.5, 0.6) is 5.75 Å². The average Bonchev–Trinajstić information content (AvgIpc) is 2.37. The number of halogens is 1. The third-order valence-corrected chi connectivity index (χ3v) is 2.66. The maximum Gasteiger partial charge on any atom is 0.214 e. The molecule has 1 aliphatic heterocycles. The third-order valence-electron chi connectivity index (χ3n) is 2.17. The predicted octanol–water partition coefficient (Wildman–Crippen LogP) is 2.24. The fourth-order valence-electron chi connectivity index (χ4n) is 1.43. The van der Waals surface area contributed by atoms with E-state index in [1.807, 2.05) is 0 Å². The van der Waals surface area contributed by atoms with E-state index in [0.29, 0.717) is 24.3 Å². The summed E-state index contributed by atoms with van der Waals surface area (Å²) in [5.41, 5.74) is 0.569. The largest absolute Gasteiger partial charge is 0.492 e. The van der Waals surface area contributed by atoms with Crippen molar-refractivity contribution in [3.63, 3.8) is 0 Å². The van der Waals surface area contributed by atoms with Gasteiger partial charge < -0.3 is 9.94 Å². The second-order valence-electron chi connectivity index (χ2n) is 3.11. The van der Waals surface area contributed by atoms with Gasteiger partial charge in [-0.15, -0.1) is 0 Å². The van der Waals surface area contributed by atoms with E-state index in [-0.39, 0.29) is 11.5 Å². The lowest BCUT2D eigenvalue weighted by Crippen LogP contribution is -2.13. The van der Waals surface area contributed by atoms with Crippen molar-refractivity contribution in [1.82, 2.24) is 0 Å². The number of carbonyl (C=O) groups excluding carboxylic acids is 1. The van der Waals surface area contributed by atoms with E-state index in [2.05, 4.69) is 21.1 Å². The number of rotatable bonds is 0. The summed E-state index contributed by atoms with van der Waals surface area (Å²) in [5, 5.41) is 11.7. The van der Waals surface area contributed by atoms with E-state index in [1.54, 1.807) is 18.2 Å². The quantitative estimate of drug-likeness (QED) is 0.581. The van der Waals surface area contributed by atoms with Gasteiger partial charge in [0.15, 0.2) is 0 Å². The molecule has 1 aliphatic rings. The van der Waals surface area contributed by atoms with Crippen molar-refractivity contribution in [1.29, 1.82) is 0 Å². The summed E-state index contributed by atoms with van der Waals surface area (Å²) in [6.07, 6.45) is 0.321. The van der Waals surface area contributed by atoms with E-state index in [0.717, 1.165) is 4.47 Å². The first-order valence-corrected chi connectivity index (χ1v) is 5.19. The minimum atomic E-state index is -0.280. The zero-order chi connectivity index (χ0) is 10.8. The Kier molecular flexibility index (Phi) is 2.73. The number of hydrogen-bond acceptors (Lipinski definition) is 4. The summed E-state index contributed by atoms with van der Waals surface area (Å²) in [4.78, 5) is 11.8. The van der Waals surface area contributed by atoms with Gasteiger partial charge in [0.05, 0.1) is 12.2 Å². The molecule has 0 spiro atoms. The molecule has 0 bridgehead atoms. The molecule has 0 atom stereocenters. The summed E-state index contributed by atoms with van der Waals surface area (Å²) in [6.45, 7) is 0.342. The number of nitrogens with zero attached hydrogens (tertiary/aromatic N) is 1. The highest BCUT2D eigenvalue weighted by atomic mass is 79.9. The maximum atomic E-state index is 11.8. The highest BCUT2D eigenvalue weighted by Gasteiger charge is 2.22. The molecule has 0 amide bonds. The Balaban J connectivity index is 2.52. The normalized spacial score (nSPS) is 18.2. The Hall–Kier alpha value is -1.36. The van der Waals surface area contributed by atoms with Crippen LogP contribution < -0.4 is 4.74 Å². The van der Waals surface area contributed by atoms with Gasteiger partial charge in [-0.25, -0.2) is 0 Å². The van der Waals surface area contributed by atoms with Crippen molar-refractivity contribution < 1.29 is 14.7 Å². The van der Waals surface area contributed by atoms with Gasteiger partial charge in [-0.3, -0.25) is 4.79 Å². The van der Waals surface area contributed by atoms with Crippen LogP contribution in [0.4, 0.5) is 0 Å². The van der Waals surface area contributed by atoms with Crippen LogP contribution in [0.15, 0.2) is 27.8 Å². The first-order chi connectivity index (χ1) is 7.22. The lowest BCUT2D eigenvalue weighted by molar-refractivity contribution is 0.106. The van der Waals surface area contributed by atoms with Crippen LogP contribution in [0.1, 0.15) is 16.8 Å². The first kappa shape index (κ1) is 10.2. The lowest BCUT2D eigenvalue weighted by atomic mass is 10.1. The molecule has 0 saturated carbocycles. The molecule has 5 heteroatoms. The first-order valence-electron chi connectivity index (χ1n) is 4.40. The number of ketones is 1. The van der Waals surface area contributed by atoms with Gasteiger partial charge in [0.2, 0.25) is 5.78 Å². The molecular weight excluding hydrogens is 262 g/mol. The number of ether oxygens (including phenoxy) is 1. The van der Waals surface area contributed by atoms with E-state index in [4.69, 9.17) is 9.94 Å². The second-order valence-corrected chi connectivity index (χ2v) is 4.03. The van der Waals surface area contributed by atoms with E-state index in [9.17, 15) is 4.79 Å². The summed E-state index contributed by atoms with van der Waals surface area (Å²) in [5.74, 6) is 0.241. The van der Waals surface area contributed by atoms with Crippen molar-refractivity contribution in [3.8, 4) is 5.75 Å². The van der Waals surface area contributed by atoms with Gasteiger partial charge in [0.1, 0.15) is 11.5 Å². The van der Waals surface area contributed by atoms with Crippen LogP contribution in [0, 0.1) is 0 Å². The van der Waals surface area contributed by atoms with Crippen molar-refractivity contribution in [2.45, 2.75) is 6.42 Å². The zero-order valence-corrected chi connectivity index (χ0v) is 9.32. The van der Waals surface area contributed by atoms with Gasteiger partial charge in [-0.2, -0.15) is 0 Å². The molecule has 4 nitrogen and oxygen atoms in total. The molecule has 0 fully saturated rings. The topological polar surface area (TPSA) is 58.9 Å². The molecule has 0 radical (unpaired) electrons. The fourth-order valence-corrected chi connectivity index (χ4v) is 1.77. The highest BCUT2D eigenvalue weighted by molar-refractivity contribution is 9.10. The van der Waals surface area contributed by atoms with E-state index < -0.39 is 0 Å². The van der Waals surface area contributed by atoms with Gasteiger partial charge in [-0.1, -0.05) is 21.1 Å². The summed E-state index contributed by atoms with van der Waals surface area (Å²) < 4.78 is 6.23. The number of fused-ring (bicyclic) bond motifs is 1. The molecule has 78 valence electrons. The molecule has 1 aromatic carbocycles. The number of carbonyl (C=O) groups is 1. The van der Waals surface area contributed by atoms with Crippen molar-refractivity contribution in [2.24, 2.45) is 5.16 Å². The Morgan fingerprint density at radius 1 is 1.47 bits per heavy atom. The number of oxime groups is 1. The van der Waals surface area contributed by atoms with Crippen LogP contribution in [0.25, 0.3) is 0 Å². The standard InChI is InChI=1S/C10H8BrNO3/c11-6-1-2-7-9(5-6)15-4-3-8(12-14)10(7)13/h1-2,5,14H,3-4H2/b12-8-. The predicted molar refractivity (Wildman–Crippen MR) is 57.8 cm³/mol. The molecule has 15 heavy (non-hydrogen) atoms. The van der Waals surface area contributed by atoms with Crippen LogP contribution in [0.2, 0.25) is 0 Å². The number of benzene rings is 1. The van der Waals surface area contributed by atoms with E-state index >= 15 is 0 Å². The molecule has 0 aliphatic carbocycles. The van der Waals surface area contributed by atoms with Gasteiger partial charge in [0, 0.05) is 10.9 Å². The molecular formula is C10H8BrNO3. The molecule has 0 aromatic heterocycles. The molecule has 0 unspecified atom stereocenters. The molecule has 1 heterocycles. The number of hydrogen-bond donors (Lipinski definition) is 1. The smallest absolute Gasteiger partial charge is 0.214 e. The maximum absolute atomic E-state index is 11.8. The summed E-state index contributed by atoms with van der Waals surface area (Å²) in [6, 6.07) is 5.13. The summed E-state index contributed by atoms with van der Waals surface area (Å²) >= 11 is 3.30. The Morgan fingerprint density at radius 2 is 2.27 bits per heavy atom. The van der Waals surface area contributed by atoms with Gasteiger partial charge in [-0.05, 0) is 18.2 Å². The minimum absolute atomic E-state index is 0.135. The van der Waals surface area contributed by atoms with Crippen LogP contribution >= 0.6 is 15.9 Å². The SMILES string of the molecule is O=C1/C(=N\O)CCOc2cc(Br)ccc21. The number of Topliss-reactive ketones (excluding diaryl/α,β-unsaturated/α-hetero) is 1. The van der Waals surface area contributed by atoms with Gasteiger partial charge in [0.25, 0.3) is 0 Å². The zero-order valence-electron chi connectivity index (χ0n) is 7.74. The highest BCUT2D eigenvalue weighted by Crippen LogP contribution is 2.26. The van der Waals surface area contributed by atoms with Crippen molar-refractivity contribution in [2.75, 3.05) is 6.61 Å².